The van der Waals surface area contributed by atoms with Crippen LogP contribution in [0.1, 0.15) is 41.9 Å². The molecule has 0 atom stereocenters. The monoisotopic (exact) mass is 757 g/mol. The number of H-pyrrole nitrogens is 2. The molecule has 0 radical (unpaired) electrons. The molecule has 2 heterocycles. The van der Waals surface area contributed by atoms with E-state index >= 15 is 0 Å². The molecule has 1 amide bonds. The molecule has 6 nitrogen and oxygen atoms in total. The molecule has 1 aromatic carbocycles. The normalized spacial score (nSPS) is 16.0. The van der Waals surface area contributed by atoms with Crippen LogP contribution in [0.3, 0.4) is 0 Å². The number of hydrogen-bond acceptors (Lipinski definition) is 3. The number of alkyl halides is 3. The maximum Gasteiger partial charge on any atom is 0.251 e. The Morgan fingerprint density at radius 2 is 2.06 bits per heavy atom. The number of aromatic amines is 2. The molecule has 1 aliphatic carbocycles. The van der Waals surface area contributed by atoms with E-state index < -0.39 is 0 Å². The summed E-state index contributed by atoms with van der Waals surface area (Å²) in [5, 5.41) is 11.9. The zero-order valence-electron chi connectivity index (χ0n) is 17.8. The third-order valence-corrected chi connectivity index (χ3v) is 8.43. The maximum absolute atomic E-state index is 12.6. The molecule has 0 fully saturated rings. The molecule has 2 aromatic heterocycles. The molecular weight excluding hydrogens is 731 g/mol. The molecule has 3 N–H and O–H groups in total. The van der Waals surface area contributed by atoms with Gasteiger partial charge in [-0.3, -0.25) is 14.8 Å². The molecule has 1 aliphatic rings. The number of halogens is 3. The molecular formula is C22H26I3N5O. The summed E-state index contributed by atoms with van der Waals surface area (Å²) in [4.78, 5) is 18.3. The summed E-state index contributed by atoms with van der Waals surface area (Å²) in [6, 6.07) is 7.92. The smallest absolute Gasteiger partial charge is 0.251 e. The van der Waals surface area contributed by atoms with Gasteiger partial charge in [-0.2, -0.15) is 5.10 Å². The van der Waals surface area contributed by atoms with Gasteiger partial charge in [0.05, 0.1) is 5.69 Å². The largest absolute Gasteiger partial charge is 0.353 e. The fraction of sp³-hybridized carbons (Fsp3) is 0.455. The number of carbonyl (C=O) groups is 1. The van der Waals surface area contributed by atoms with E-state index in [-0.39, 0.29) is 5.47 Å². The quantitative estimate of drug-likeness (QED) is 0.173. The predicted octanol–water partition coefficient (Wildman–Crippen LogP) is 5.65. The van der Waals surface area contributed by atoms with E-state index in [0.717, 1.165) is 41.7 Å². The van der Waals surface area contributed by atoms with Crippen molar-refractivity contribution in [3.63, 3.8) is 0 Å². The van der Waals surface area contributed by atoms with Crippen LogP contribution in [0.5, 0.6) is 0 Å². The standard InChI is InChI=1S/C22H26I3N5O/c1-21(2)7-6-15-18(12-21)28-29-19(15)17-11-14-10-13(4-5-16(14)27-17)20(31)26-8-9-30(3)22(23,24)25/h4-5,10-11,27H,6-9,12H2,1-3H3,(H,26,31)(H,28,29). The minimum absolute atomic E-state index is 0.000348. The highest BCUT2D eigenvalue weighted by Crippen LogP contribution is 2.38. The van der Waals surface area contributed by atoms with Crippen LogP contribution in [0.2, 0.25) is 0 Å². The van der Waals surface area contributed by atoms with Gasteiger partial charge in [0.25, 0.3) is 5.91 Å². The first-order valence-corrected chi connectivity index (χ1v) is 13.5. The number of amides is 1. The number of rotatable bonds is 6. The molecule has 0 aliphatic heterocycles. The maximum atomic E-state index is 12.6. The lowest BCUT2D eigenvalue weighted by Gasteiger charge is -2.28. The summed E-state index contributed by atoms with van der Waals surface area (Å²) >= 11 is 7.13. The fourth-order valence-corrected chi connectivity index (χ4v) is 4.76. The van der Waals surface area contributed by atoms with Crippen molar-refractivity contribution in [3.05, 3.63) is 41.1 Å². The molecule has 31 heavy (non-hydrogen) atoms. The Bertz CT molecular complexity index is 1110. The van der Waals surface area contributed by atoms with E-state index in [9.17, 15) is 4.79 Å². The third-order valence-electron chi connectivity index (χ3n) is 5.96. The van der Waals surface area contributed by atoms with Crippen molar-refractivity contribution in [2.24, 2.45) is 5.41 Å². The van der Waals surface area contributed by atoms with E-state index in [2.05, 4.69) is 120 Å². The molecule has 0 spiro atoms. The highest BCUT2D eigenvalue weighted by molar-refractivity contribution is 14.3. The number of carbonyl (C=O) groups excluding carboxylic acids is 1. The van der Waals surface area contributed by atoms with Crippen LogP contribution >= 0.6 is 67.8 Å². The molecule has 0 saturated carbocycles. The van der Waals surface area contributed by atoms with Crippen LogP contribution in [-0.4, -0.2) is 45.7 Å². The minimum Gasteiger partial charge on any atom is -0.353 e. The zero-order valence-corrected chi connectivity index (χ0v) is 24.3. The Morgan fingerprint density at radius 3 is 2.81 bits per heavy atom. The lowest BCUT2D eigenvalue weighted by molar-refractivity contribution is 0.0950. The Balaban J connectivity index is 1.49. The van der Waals surface area contributed by atoms with Gasteiger partial charge < -0.3 is 10.3 Å². The van der Waals surface area contributed by atoms with Gasteiger partial charge in [-0.15, -0.1) is 0 Å². The van der Waals surface area contributed by atoms with Gasteiger partial charge in [-0.25, -0.2) is 0 Å². The van der Waals surface area contributed by atoms with Gasteiger partial charge in [0, 0.05) is 40.8 Å². The van der Waals surface area contributed by atoms with Gasteiger partial charge in [0.15, 0.2) is -0.441 Å². The van der Waals surface area contributed by atoms with E-state index in [1.165, 1.54) is 17.7 Å². The van der Waals surface area contributed by atoms with Crippen molar-refractivity contribution in [3.8, 4) is 11.4 Å². The fourth-order valence-electron chi connectivity index (χ4n) is 4.04. The van der Waals surface area contributed by atoms with Gasteiger partial charge in [-0.05, 0) is 124 Å². The van der Waals surface area contributed by atoms with Gasteiger partial charge in [0.2, 0.25) is 0 Å². The number of aromatic nitrogens is 3. The number of benzene rings is 1. The lowest BCUT2D eigenvalue weighted by atomic mass is 9.76. The number of likely N-dealkylation sites (N-methyl/N-ethyl adjacent to an activating group) is 1. The molecule has 0 saturated heterocycles. The van der Waals surface area contributed by atoms with E-state index in [1.807, 2.05) is 18.2 Å². The first-order chi connectivity index (χ1) is 14.5. The predicted molar refractivity (Wildman–Crippen MR) is 151 cm³/mol. The second-order valence-electron chi connectivity index (χ2n) is 9.00. The van der Waals surface area contributed by atoms with E-state index in [4.69, 9.17) is 0 Å². The van der Waals surface area contributed by atoms with Crippen LogP contribution in [0.4, 0.5) is 0 Å². The van der Waals surface area contributed by atoms with Crippen LogP contribution in [0, 0.1) is 5.41 Å². The van der Waals surface area contributed by atoms with Crippen LogP contribution in [0.25, 0.3) is 22.3 Å². The van der Waals surface area contributed by atoms with Gasteiger partial charge in [0.1, 0.15) is 5.69 Å². The van der Waals surface area contributed by atoms with Crippen molar-refractivity contribution in [1.29, 1.82) is 0 Å². The second-order valence-corrected chi connectivity index (χ2v) is 19.9. The van der Waals surface area contributed by atoms with Crippen molar-refractivity contribution in [2.75, 3.05) is 20.1 Å². The van der Waals surface area contributed by atoms with Gasteiger partial charge in [-0.1, -0.05) is 13.8 Å². The Hall–Kier alpha value is -0.410. The summed E-state index contributed by atoms with van der Waals surface area (Å²) in [5.41, 5.74) is 6.61. The second kappa shape index (κ2) is 9.09. The molecule has 0 unspecified atom stereocenters. The van der Waals surface area contributed by atoms with E-state index in [1.54, 1.807) is 0 Å². The minimum atomic E-state index is -0.0431. The number of fused-ring (bicyclic) bond motifs is 2. The SMILES string of the molecule is CN(CCNC(=O)c1ccc2[nH]c(-c3n[nH]c4c3CCC(C)(C)C4)cc2c1)C(I)(I)I. The summed E-state index contributed by atoms with van der Waals surface area (Å²) in [6.07, 6.45) is 3.24. The highest BCUT2D eigenvalue weighted by atomic mass is 127. The first kappa shape index (κ1) is 23.7. The summed E-state index contributed by atoms with van der Waals surface area (Å²) in [6.45, 7) is 6.02. The molecule has 0 bridgehead atoms. The Morgan fingerprint density at radius 1 is 1.29 bits per heavy atom. The van der Waals surface area contributed by atoms with Crippen LogP contribution in [0.15, 0.2) is 24.3 Å². The highest BCUT2D eigenvalue weighted by Gasteiger charge is 2.29. The topological polar surface area (TPSA) is 76.8 Å². The Kier molecular flexibility index (Phi) is 6.96. The van der Waals surface area contributed by atoms with Crippen molar-refractivity contribution < 1.29 is 4.79 Å². The van der Waals surface area contributed by atoms with Crippen molar-refractivity contribution >= 4 is 84.6 Å². The first-order valence-electron chi connectivity index (χ1n) is 10.3. The summed E-state index contributed by atoms with van der Waals surface area (Å²) in [5.74, 6) is -0.0431. The van der Waals surface area contributed by atoms with Gasteiger partial charge >= 0.3 is 0 Å². The number of nitrogens with zero attached hydrogens (tertiary/aromatic N) is 2. The van der Waals surface area contributed by atoms with Crippen molar-refractivity contribution in [1.82, 2.24) is 25.4 Å². The average molecular weight is 757 g/mol. The number of hydrogen-bond donors (Lipinski definition) is 3. The molecule has 4 rings (SSSR count). The molecule has 166 valence electrons. The number of nitrogens with one attached hydrogen (secondary N) is 3. The molecule has 3 aromatic rings. The van der Waals surface area contributed by atoms with Crippen LogP contribution in [-0.2, 0) is 12.8 Å². The zero-order chi connectivity index (χ0) is 22.4. The lowest BCUT2D eigenvalue weighted by Crippen LogP contribution is -2.37. The van der Waals surface area contributed by atoms with Crippen LogP contribution < -0.4 is 5.32 Å². The summed E-state index contributed by atoms with van der Waals surface area (Å²) in [7, 11) is 2.06. The van der Waals surface area contributed by atoms with E-state index in [0.29, 0.717) is 17.5 Å². The summed E-state index contributed by atoms with van der Waals surface area (Å²) < 4.78 is -0.000348. The van der Waals surface area contributed by atoms with Crippen molar-refractivity contribution in [2.45, 2.75) is 32.7 Å². The third kappa shape index (κ3) is 5.40. The Labute approximate surface area is 223 Å². The molecule has 9 heteroatoms. The average Bonchev–Trinajstić information content (AvgIpc) is 3.28.